The number of likely N-dealkylation sites (N-methyl/N-ethyl adjacent to an activating group) is 1. The van der Waals surface area contributed by atoms with Gasteiger partial charge in [0, 0.05) is 32.2 Å². The van der Waals surface area contributed by atoms with Crippen LogP contribution in [0.1, 0.15) is 25.6 Å². The summed E-state index contributed by atoms with van der Waals surface area (Å²) in [4.78, 5) is 11.2. The standard InChI is InChI=1S/C13H23N5/c1-4-6-15-12-8-13(17-10(2)16-12)18(3)11-5-7-14-9-11/h8,11,14H,4-7,9H2,1-3H3,(H,15,16,17). The SMILES string of the molecule is CCCNc1cc(N(C)C2CCNC2)nc(C)n1. The van der Waals surface area contributed by atoms with Crippen molar-refractivity contribution in [2.24, 2.45) is 0 Å². The third kappa shape index (κ3) is 3.10. The first-order chi connectivity index (χ1) is 8.70. The van der Waals surface area contributed by atoms with Crippen LogP contribution in [-0.4, -0.2) is 42.7 Å². The maximum absolute atomic E-state index is 4.53. The Bertz CT molecular complexity index is 387. The molecule has 1 saturated heterocycles. The van der Waals surface area contributed by atoms with E-state index >= 15 is 0 Å². The molecular formula is C13H23N5. The molecule has 5 heteroatoms. The zero-order chi connectivity index (χ0) is 13.0. The Morgan fingerprint density at radius 3 is 3.00 bits per heavy atom. The van der Waals surface area contributed by atoms with Gasteiger partial charge in [-0.3, -0.25) is 0 Å². The van der Waals surface area contributed by atoms with Gasteiger partial charge in [0.1, 0.15) is 17.5 Å². The van der Waals surface area contributed by atoms with Crippen LogP contribution in [0.15, 0.2) is 6.07 Å². The van der Waals surface area contributed by atoms with E-state index in [0.717, 1.165) is 43.5 Å². The Morgan fingerprint density at radius 1 is 1.50 bits per heavy atom. The van der Waals surface area contributed by atoms with Crippen LogP contribution in [0.4, 0.5) is 11.6 Å². The van der Waals surface area contributed by atoms with Crippen LogP contribution in [0.2, 0.25) is 0 Å². The van der Waals surface area contributed by atoms with Crippen molar-refractivity contribution in [3.05, 3.63) is 11.9 Å². The quantitative estimate of drug-likeness (QED) is 0.826. The second-order valence-corrected chi connectivity index (χ2v) is 4.84. The first kappa shape index (κ1) is 13.1. The van der Waals surface area contributed by atoms with Crippen LogP contribution < -0.4 is 15.5 Å². The molecular weight excluding hydrogens is 226 g/mol. The topological polar surface area (TPSA) is 53.1 Å². The molecule has 0 radical (unpaired) electrons. The molecule has 2 heterocycles. The molecule has 1 atom stereocenters. The second-order valence-electron chi connectivity index (χ2n) is 4.84. The average Bonchev–Trinajstić information content (AvgIpc) is 2.88. The summed E-state index contributed by atoms with van der Waals surface area (Å²) in [7, 11) is 2.11. The van der Waals surface area contributed by atoms with Crippen molar-refractivity contribution < 1.29 is 0 Å². The molecule has 0 bridgehead atoms. The number of aryl methyl sites for hydroxylation is 1. The number of anilines is 2. The smallest absolute Gasteiger partial charge is 0.134 e. The Labute approximate surface area is 109 Å². The third-order valence-electron chi connectivity index (χ3n) is 3.32. The second kappa shape index (κ2) is 6.00. The number of hydrogen-bond donors (Lipinski definition) is 2. The zero-order valence-electron chi connectivity index (χ0n) is 11.5. The summed E-state index contributed by atoms with van der Waals surface area (Å²) < 4.78 is 0. The first-order valence-electron chi connectivity index (χ1n) is 6.74. The van der Waals surface area contributed by atoms with E-state index in [0.29, 0.717) is 6.04 Å². The monoisotopic (exact) mass is 249 g/mol. The summed E-state index contributed by atoms with van der Waals surface area (Å²) in [6.07, 6.45) is 2.28. The molecule has 1 aromatic heterocycles. The Kier molecular flexibility index (Phi) is 4.36. The largest absolute Gasteiger partial charge is 0.370 e. The maximum atomic E-state index is 4.53. The van der Waals surface area contributed by atoms with E-state index in [1.807, 2.05) is 13.0 Å². The fraction of sp³-hybridized carbons (Fsp3) is 0.692. The van der Waals surface area contributed by atoms with E-state index in [2.05, 4.69) is 39.5 Å². The van der Waals surface area contributed by atoms with Gasteiger partial charge >= 0.3 is 0 Å². The lowest BCUT2D eigenvalue weighted by molar-refractivity contribution is 0.675. The molecule has 1 aromatic rings. The lowest BCUT2D eigenvalue weighted by Crippen LogP contribution is -2.34. The zero-order valence-corrected chi connectivity index (χ0v) is 11.5. The molecule has 2 N–H and O–H groups in total. The molecule has 0 spiro atoms. The van der Waals surface area contributed by atoms with Crippen molar-refractivity contribution >= 4 is 11.6 Å². The van der Waals surface area contributed by atoms with Crippen LogP contribution in [0.3, 0.4) is 0 Å². The summed E-state index contributed by atoms with van der Waals surface area (Å²) in [5.41, 5.74) is 0. The minimum absolute atomic E-state index is 0.540. The molecule has 0 amide bonds. The van der Waals surface area contributed by atoms with Crippen LogP contribution in [-0.2, 0) is 0 Å². The highest BCUT2D eigenvalue weighted by atomic mass is 15.2. The number of rotatable bonds is 5. The molecule has 18 heavy (non-hydrogen) atoms. The third-order valence-corrected chi connectivity index (χ3v) is 3.32. The highest BCUT2D eigenvalue weighted by molar-refractivity contribution is 5.49. The highest BCUT2D eigenvalue weighted by Gasteiger charge is 2.20. The average molecular weight is 249 g/mol. The Hall–Kier alpha value is -1.36. The summed E-state index contributed by atoms with van der Waals surface area (Å²) in [6, 6.07) is 2.58. The summed E-state index contributed by atoms with van der Waals surface area (Å²) in [5.74, 6) is 2.76. The lowest BCUT2D eigenvalue weighted by atomic mass is 10.2. The van der Waals surface area contributed by atoms with Gasteiger partial charge in [-0.25, -0.2) is 9.97 Å². The Balaban J connectivity index is 2.13. The fourth-order valence-electron chi connectivity index (χ4n) is 2.23. The van der Waals surface area contributed by atoms with Crippen LogP contribution in [0.25, 0.3) is 0 Å². The summed E-state index contributed by atoms with van der Waals surface area (Å²) in [5, 5.41) is 6.71. The van der Waals surface area contributed by atoms with Crippen molar-refractivity contribution in [1.82, 2.24) is 15.3 Å². The molecule has 1 aliphatic heterocycles. The fourth-order valence-corrected chi connectivity index (χ4v) is 2.23. The van der Waals surface area contributed by atoms with Crippen LogP contribution in [0.5, 0.6) is 0 Å². The molecule has 2 rings (SSSR count). The van der Waals surface area contributed by atoms with Gasteiger partial charge in [-0.15, -0.1) is 0 Å². The van der Waals surface area contributed by atoms with Gasteiger partial charge in [0.15, 0.2) is 0 Å². The first-order valence-corrected chi connectivity index (χ1v) is 6.74. The Morgan fingerprint density at radius 2 is 2.33 bits per heavy atom. The van der Waals surface area contributed by atoms with E-state index < -0.39 is 0 Å². The normalized spacial score (nSPS) is 18.9. The van der Waals surface area contributed by atoms with Gasteiger partial charge in [0.2, 0.25) is 0 Å². The number of nitrogens with one attached hydrogen (secondary N) is 2. The van der Waals surface area contributed by atoms with Crippen LogP contribution in [0, 0.1) is 6.92 Å². The minimum Gasteiger partial charge on any atom is -0.370 e. The molecule has 1 aliphatic rings. The van der Waals surface area contributed by atoms with Crippen molar-refractivity contribution in [2.45, 2.75) is 32.7 Å². The molecule has 1 fully saturated rings. The van der Waals surface area contributed by atoms with Crippen molar-refractivity contribution in [2.75, 3.05) is 36.9 Å². The van der Waals surface area contributed by atoms with Gasteiger partial charge < -0.3 is 15.5 Å². The molecule has 5 nitrogen and oxygen atoms in total. The van der Waals surface area contributed by atoms with E-state index in [1.54, 1.807) is 0 Å². The van der Waals surface area contributed by atoms with E-state index in [4.69, 9.17) is 0 Å². The molecule has 0 saturated carbocycles. The van der Waals surface area contributed by atoms with E-state index in [-0.39, 0.29) is 0 Å². The number of hydrogen-bond acceptors (Lipinski definition) is 5. The molecule has 1 unspecified atom stereocenters. The van der Waals surface area contributed by atoms with Gasteiger partial charge in [-0.2, -0.15) is 0 Å². The number of nitrogens with zero attached hydrogens (tertiary/aromatic N) is 3. The van der Waals surface area contributed by atoms with Gasteiger partial charge in [-0.05, 0) is 26.3 Å². The van der Waals surface area contributed by atoms with E-state index in [1.165, 1.54) is 6.42 Å². The highest BCUT2D eigenvalue weighted by Crippen LogP contribution is 2.19. The predicted octanol–water partition coefficient (Wildman–Crippen LogP) is 1.41. The van der Waals surface area contributed by atoms with E-state index in [9.17, 15) is 0 Å². The van der Waals surface area contributed by atoms with Crippen molar-refractivity contribution in [3.63, 3.8) is 0 Å². The lowest BCUT2D eigenvalue weighted by Gasteiger charge is -2.25. The van der Waals surface area contributed by atoms with Crippen molar-refractivity contribution in [1.29, 1.82) is 0 Å². The molecule has 0 aromatic carbocycles. The van der Waals surface area contributed by atoms with Gasteiger partial charge in [0.05, 0.1) is 0 Å². The van der Waals surface area contributed by atoms with Gasteiger partial charge in [-0.1, -0.05) is 6.92 Å². The van der Waals surface area contributed by atoms with Crippen LogP contribution >= 0.6 is 0 Å². The predicted molar refractivity (Wildman–Crippen MR) is 75.2 cm³/mol. The maximum Gasteiger partial charge on any atom is 0.134 e. The minimum atomic E-state index is 0.540. The molecule has 0 aliphatic carbocycles. The summed E-state index contributed by atoms with van der Waals surface area (Å²) >= 11 is 0. The van der Waals surface area contributed by atoms with Crippen molar-refractivity contribution in [3.8, 4) is 0 Å². The summed E-state index contributed by atoms with van der Waals surface area (Å²) in [6.45, 7) is 7.18. The van der Waals surface area contributed by atoms with Gasteiger partial charge in [0.25, 0.3) is 0 Å². The number of aromatic nitrogens is 2. The molecule has 100 valence electrons.